The van der Waals surface area contributed by atoms with E-state index in [-0.39, 0.29) is 11.5 Å². The van der Waals surface area contributed by atoms with Crippen molar-refractivity contribution in [2.24, 2.45) is 11.1 Å². The number of hydrogen-bond donors (Lipinski definition) is 1. The van der Waals surface area contributed by atoms with Gasteiger partial charge in [-0.1, -0.05) is 20.8 Å². The van der Waals surface area contributed by atoms with Gasteiger partial charge in [-0.3, -0.25) is 0 Å². The normalized spacial score (nSPS) is 19.7. The van der Waals surface area contributed by atoms with Crippen LogP contribution in [-0.4, -0.2) is 14.8 Å². The third kappa shape index (κ3) is 1.66. The van der Waals surface area contributed by atoms with Gasteiger partial charge in [-0.15, -0.1) is 10.2 Å². The zero-order valence-electron chi connectivity index (χ0n) is 9.07. The maximum atomic E-state index is 6.16. The third-order valence-corrected chi connectivity index (χ3v) is 2.75. The molecule has 1 saturated carbocycles. The molecule has 78 valence electrons. The van der Waals surface area contributed by atoms with Crippen LogP contribution in [0.1, 0.15) is 51.5 Å². The average molecular weight is 194 g/mol. The van der Waals surface area contributed by atoms with Crippen LogP contribution in [0.5, 0.6) is 0 Å². The summed E-state index contributed by atoms with van der Waals surface area (Å²) < 4.78 is 2.13. The van der Waals surface area contributed by atoms with Gasteiger partial charge >= 0.3 is 0 Å². The van der Waals surface area contributed by atoms with E-state index in [1.54, 1.807) is 6.33 Å². The summed E-state index contributed by atoms with van der Waals surface area (Å²) in [5.41, 5.74) is 6.20. The molecule has 4 nitrogen and oxygen atoms in total. The maximum Gasteiger partial charge on any atom is 0.150 e. The number of hydrogen-bond acceptors (Lipinski definition) is 3. The summed E-state index contributed by atoms with van der Waals surface area (Å²) >= 11 is 0. The molecule has 1 fully saturated rings. The Morgan fingerprint density at radius 2 is 2.14 bits per heavy atom. The van der Waals surface area contributed by atoms with Crippen molar-refractivity contribution in [3.05, 3.63) is 12.2 Å². The van der Waals surface area contributed by atoms with Gasteiger partial charge in [0.1, 0.15) is 6.33 Å². The molecule has 0 amide bonds. The van der Waals surface area contributed by atoms with Gasteiger partial charge in [0.15, 0.2) is 5.82 Å². The van der Waals surface area contributed by atoms with Crippen molar-refractivity contribution < 1.29 is 0 Å². The number of nitrogens with zero attached hydrogens (tertiary/aromatic N) is 3. The van der Waals surface area contributed by atoms with Crippen LogP contribution in [0.15, 0.2) is 6.33 Å². The Labute approximate surface area is 84.5 Å². The summed E-state index contributed by atoms with van der Waals surface area (Å²) in [7, 11) is 0. The van der Waals surface area contributed by atoms with Crippen molar-refractivity contribution in [1.82, 2.24) is 14.8 Å². The lowest BCUT2D eigenvalue weighted by Crippen LogP contribution is -2.29. The highest BCUT2D eigenvalue weighted by Gasteiger charge is 2.32. The SMILES string of the molecule is CC(C)(C)C(N)c1nncn1C1CC1. The minimum Gasteiger partial charge on any atom is -0.321 e. The van der Waals surface area contributed by atoms with Crippen molar-refractivity contribution in [3.63, 3.8) is 0 Å². The summed E-state index contributed by atoms with van der Waals surface area (Å²) in [6.45, 7) is 6.39. The predicted molar refractivity (Wildman–Crippen MR) is 54.7 cm³/mol. The Bertz CT molecular complexity index is 319. The van der Waals surface area contributed by atoms with E-state index in [9.17, 15) is 0 Å². The van der Waals surface area contributed by atoms with E-state index in [1.807, 2.05) is 0 Å². The van der Waals surface area contributed by atoms with E-state index in [0.717, 1.165) is 5.82 Å². The second-order valence-corrected chi connectivity index (χ2v) is 5.17. The van der Waals surface area contributed by atoms with E-state index in [2.05, 4.69) is 35.5 Å². The highest BCUT2D eigenvalue weighted by Crippen LogP contribution is 2.38. The molecule has 1 heterocycles. The third-order valence-electron chi connectivity index (χ3n) is 2.75. The van der Waals surface area contributed by atoms with Gasteiger partial charge in [0.05, 0.1) is 6.04 Å². The lowest BCUT2D eigenvalue weighted by Gasteiger charge is -2.26. The summed E-state index contributed by atoms with van der Waals surface area (Å²) in [5, 5.41) is 8.08. The standard InChI is InChI=1S/C10H18N4/c1-10(2,3)8(11)9-13-12-6-14(9)7-4-5-7/h6-8H,4-5,11H2,1-3H3. The molecule has 4 heteroatoms. The Balaban J connectivity index is 2.26. The molecule has 0 radical (unpaired) electrons. The molecule has 0 aliphatic heterocycles. The van der Waals surface area contributed by atoms with E-state index < -0.39 is 0 Å². The van der Waals surface area contributed by atoms with Gasteiger partial charge in [-0.2, -0.15) is 0 Å². The van der Waals surface area contributed by atoms with Crippen molar-refractivity contribution in [2.75, 3.05) is 0 Å². The maximum absolute atomic E-state index is 6.16. The monoisotopic (exact) mass is 194 g/mol. The van der Waals surface area contributed by atoms with Crippen LogP contribution in [0.2, 0.25) is 0 Å². The molecule has 1 aromatic rings. The molecular formula is C10H18N4. The van der Waals surface area contributed by atoms with Gasteiger partial charge in [-0.25, -0.2) is 0 Å². The Morgan fingerprint density at radius 3 is 2.64 bits per heavy atom. The fourth-order valence-electron chi connectivity index (χ4n) is 1.50. The summed E-state index contributed by atoms with van der Waals surface area (Å²) in [4.78, 5) is 0. The van der Waals surface area contributed by atoms with E-state index in [0.29, 0.717) is 6.04 Å². The minimum absolute atomic E-state index is 0.0365. The Morgan fingerprint density at radius 1 is 1.50 bits per heavy atom. The molecule has 1 unspecified atom stereocenters. The quantitative estimate of drug-likeness (QED) is 0.779. The first-order valence-electron chi connectivity index (χ1n) is 5.15. The van der Waals surface area contributed by atoms with Gasteiger partial charge in [0.2, 0.25) is 0 Å². The zero-order valence-corrected chi connectivity index (χ0v) is 9.07. The first-order chi connectivity index (χ1) is 6.50. The van der Waals surface area contributed by atoms with Crippen molar-refractivity contribution in [3.8, 4) is 0 Å². The molecular weight excluding hydrogens is 176 g/mol. The van der Waals surface area contributed by atoms with Crippen LogP contribution in [0.25, 0.3) is 0 Å². The summed E-state index contributed by atoms with van der Waals surface area (Å²) in [5.74, 6) is 0.931. The van der Waals surface area contributed by atoms with Crippen molar-refractivity contribution >= 4 is 0 Å². The van der Waals surface area contributed by atoms with Gasteiger partial charge in [-0.05, 0) is 18.3 Å². The fraction of sp³-hybridized carbons (Fsp3) is 0.800. The molecule has 2 rings (SSSR count). The van der Waals surface area contributed by atoms with Crippen LogP contribution in [0.4, 0.5) is 0 Å². The summed E-state index contributed by atoms with van der Waals surface area (Å²) in [6.07, 6.45) is 4.28. The Hall–Kier alpha value is -0.900. The summed E-state index contributed by atoms with van der Waals surface area (Å²) in [6, 6.07) is 0.569. The molecule has 1 aliphatic rings. The second-order valence-electron chi connectivity index (χ2n) is 5.17. The van der Waals surface area contributed by atoms with Crippen LogP contribution in [0.3, 0.4) is 0 Å². The van der Waals surface area contributed by atoms with E-state index in [1.165, 1.54) is 12.8 Å². The van der Waals surface area contributed by atoms with Crippen LogP contribution in [-0.2, 0) is 0 Å². The van der Waals surface area contributed by atoms with Crippen LogP contribution < -0.4 is 5.73 Å². The van der Waals surface area contributed by atoms with E-state index in [4.69, 9.17) is 5.73 Å². The van der Waals surface area contributed by atoms with Crippen LogP contribution >= 0.6 is 0 Å². The molecule has 0 spiro atoms. The molecule has 0 saturated heterocycles. The molecule has 1 atom stereocenters. The molecule has 1 aliphatic carbocycles. The van der Waals surface area contributed by atoms with Crippen molar-refractivity contribution in [2.45, 2.75) is 45.7 Å². The number of rotatable bonds is 2. The molecule has 14 heavy (non-hydrogen) atoms. The number of aromatic nitrogens is 3. The first-order valence-corrected chi connectivity index (χ1v) is 5.15. The topological polar surface area (TPSA) is 56.7 Å². The van der Waals surface area contributed by atoms with Crippen LogP contribution in [0, 0.1) is 5.41 Å². The highest BCUT2D eigenvalue weighted by atomic mass is 15.3. The first kappa shape index (κ1) is 9.65. The molecule has 0 bridgehead atoms. The van der Waals surface area contributed by atoms with Crippen molar-refractivity contribution in [1.29, 1.82) is 0 Å². The van der Waals surface area contributed by atoms with Gasteiger partial charge in [0.25, 0.3) is 0 Å². The second kappa shape index (κ2) is 3.05. The predicted octanol–water partition coefficient (Wildman–Crippen LogP) is 1.66. The lowest BCUT2D eigenvalue weighted by molar-refractivity contribution is 0.307. The average Bonchev–Trinajstić information content (AvgIpc) is 2.81. The number of nitrogens with two attached hydrogens (primary N) is 1. The minimum atomic E-state index is -0.0365. The lowest BCUT2D eigenvalue weighted by atomic mass is 9.87. The molecule has 2 N–H and O–H groups in total. The smallest absolute Gasteiger partial charge is 0.150 e. The molecule has 0 aromatic carbocycles. The molecule has 1 aromatic heterocycles. The fourth-order valence-corrected chi connectivity index (χ4v) is 1.50. The zero-order chi connectivity index (χ0) is 10.3. The van der Waals surface area contributed by atoms with E-state index >= 15 is 0 Å². The largest absolute Gasteiger partial charge is 0.321 e. The highest BCUT2D eigenvalue weighted by molar-refractivity contribution is 5.03. The van der Waals surface area contributed by atoms with Gasteiger partial charge in [0, 0.05) is 6.04 Å². The Kier molecular flexibility index (Phi) is 2.10. The van der Waals surface area contributed by atoms with Gasteiger partial charge < -0.3 is 10.3 Å².